The Balaban J connectivity index is 2.03. The van der Waals surface area contributed by atoms with Crippen LogP contribution in [0.3, 0.4) is 0 Å². The summed E-state index contributed by atoms with van der Waals surface area (Å²) in [5, 5.41) is 3.85. The number of nitrogens with zero attached hydrogens (tertiary/aromatic N) is 3. The summed E-state index contributed by atoms with van der Waals surface area (Å²) in [5.41, 5.74) is 4.34. The number of carbonyl (C=O) groups excluding carboxylic acids is 3. The van der Waals surface area contributed by atoms with E-state index in [1.807, 2.05) is 60.7 Å². The maximum atomic E-state index is 12.7. The molecule has 1 N–H and O–H groups in total. The number of nitrogens with one attached hydrogen (secondary N) is 1. The third kappa shape index (κ3) is 6.21. The molecule has 156 valence electrons. The van der Waals surface area contributed by atoms with Gasteiger partial charge in [-0.25, -0.2) is 0 Å². The number of hydrogen-bond donors (Lipinski definition) is 1. The van der Waals surface area contributed by atoms with E-state index in [-0.39, 0.29) is 0 Å². The van der Waals surface area contributed by atoms with Gasteiger partial charge in [-0.1, -0.05) is 0 Å². The van der Waals surface area contributed by atoms with Crippen LogP contribution in [-0.2, 0) is 14.4 Å². The van der Waals surface area contributed by atoms with E-state index < -0.39 is 24.1 Å². The molecule has 0 bridgehead atoms. The Morgan fingerprint density at radius 2 is 1.30 bits per heavy atom. The molecule has 0 saturated carbocycles. The van der Waals surface area contributed by atoms with Gasteiger partial charge in [0.05, 0.1) is 0 Å². The van der Waals surface area contributed by atoms with Gasteiger partial charge in [0.15, 0.2) is 0 Å². The second-order valence-electron chi connectivity index (χ2n) is 6.36. The van der Waals surface area contributed by atoms with Gasteiger partial charge in [-0.15, -0.1) is 0 Å². The summed E-state index contributed by atoms with van der Waals surface area (Å²) in [4.78, 5) is 37.3. The van der Waals surface area contributed by atoms with Crippen molar-refractivity contribution in [3.05, 3.63) is 71.8 Å². The Labute approximate surface area is 191 Å². The number of benzene rings is 2. The number of rotatable bonds is 8. The topological polar surface area (TPSA) is 73.0 Å². The molecular formula is C21H22N4O3Se2. The molecule has 0 spiro atoms. The molecule has 2 aromatic carbocycles. The van der Waals surface area contributed by atoms with E-state index in [1.165, 1.54) is 16.9 Å². The van der Waals surface area contributed by atoms with Crippen molar-refractivity contribution in [2.45, 2.75) is 13.3 Å². The van der Waals surface area contributed by atoms with Crippen LogP contribution >= 0.6 is 0 Å². The molecular weight excluding hydrogens is 514 g/mol. The molecule has 0 aliphatic heterocycles. The molecule has 7 nitrogen and oxygen atoms in total. The van der Waals surface area contributed by atoms with Gasteiger partial charge in [-0.05, 0) is 0 Å². The van der Waals surface area contributed by atoms with Crippen LogP contribution in [0.25, 0.3) is 0 Å². The molecule has 3 amide bonds. The molecule has 0 radical (unpaired) electrons. The fraction of sp³-hybridized carbons (Fsp3) is 0.190. The molecule has 0 fully saturated rings. The molecule has 0 aromatic heterocycles. The average molecular weight is 536 g/mol. The fourth-order valence-corrected chi connectivity index (χ4v) is 3.51. The van der Waals surface area contributed by atoms with Crippen LogP contribution in [-0.4, -0.2) is 87.1 Å². The van der Waals surface area contributed by atoms with Crippen LogP contribution in [0.2, 0.25) is 0 Å². The van der Waals surface area contributed by atoms with Crippen LogP contribution in [0.1, 0.15) is 24.5 Å². The molecule has 9 heteroatoms. The van der Waals surface area contributed by atoms with E-state index in [2.05, 4.69) is 36.6 Å². The first-order valence-electron chi connectivity index (χ1n) is 9.01. The van der Waals surface area contributed by atoms with Crippen molar-refractivity contribution in [2.24, 2.45) is 0 Å². The number of imide groups is 1. The van der Waals surface area contributed by atoms with Crippen LogP contribution < -0.4 is 5.43 Å². The molecule has 0 saturated heterocycles. The van der Waals surface area contributed by atoms with Gasteiger partial charge in [0.25, 0.3) is 0 Å². The van der Waals surface area contributed by atoms with Gasteiger partial charge < -0.3 is 0 Å². The van der Waals surface area contributed by atoms with Crippen LogP contribution in [0.4, 0.5) is 0 Å². The van der Waals surface area contributed by atoms with E-state index in [0.717, 1.165) is 16.1 Å². The zero-order valence-electron chi connectivity index (χ0n) is 16.9. The quantitative estimate of drug-likeness (QED) is 0.298. The summed E-state index contributed by atoms with van der Waals surface area (Å²) in [6, 6.07) is 18.7. The third-order valence-corrected chi connectivity index (χ3v) is 6.20. The average Bonchev–Trinajstić information content (AvgIpc) is 2.73. The molecule has 0 aliphatic rings. The van der Waals surface area contributed by atoms with E-state index in [1.54, 1.807) is 14.1 Å². The standard InChI is InChI=1S/C21H22N4O3Se2/c1-15(26)25(24(3)21(30)17-12-8-5-9-13-17)19(28)14-18(27)22-23(2)20(29)16-10-6-4-7-11-16/h4-13H,14H2,1-3H3,(H,22,27). The molecule has 2 aromatic rings. The number of amides is 3. The monoisotopic (exact) mass is 538 g/mol. The van der Waals surface area contributed by atoms with Crippen molar-refractivity contribution in [1.29, 1.82) is 0 Å². The van der Waals surface area contributed by atoms with E-state index in [9.17, 15) is 14.4 Å². The molecule has 0 aliphatic carbocycles. The van der Waals surface area contributed by atoms with Crippen molar-refractivity contribution in [3.63, 3.8) is 0 Å². The van der Waals surface area contributed by atoms with Gasteiger partial charge >= 0.3 is 192 Å². The zero-order chi connectivity index (χ0) is 22.3. The predicted octanol–water partition coefficient (Wildman–Crippen LogP) is 0.255. The Morgan fingerprint density at radius 3 is 1.77 bits per heavy atom. The molecule has 0 heterocycles. The summed E-state index contributed by atoms with van der Waals surface area (Å²) in [5.74, 6) is -1.67. The van der Waals surface area contributed by atoms with Gasteiger partial charge in [0.1, 0.15) is 0 Å². The minimum absolute atomic E-state index is 0.488. The van der Waals surface area contributed by atoms with Crippen molar-refractivity contribution >= 4 is 58.0 Å². The Bertz CT molecular complexity index is 951. The van der Waals surface area contributed by atoms with E-state index >= 15 is 0 Å². The van der Waals surface area contributed by atoms with Crippen molar-refractivity contribution in [1.82, 2.24) is 20.5 Å². The summed E-state index contributed by atoms with van der Waals surface area (Å²) < 4.78 is 1.28. The zero-order valence-corrected chi connectivity index (χ0v) is 20.3. The summed E-state index contributed by atoms with van der Waals surface area (Å²) in [6.07, 6.45) is -0.488. The first kappa shape index (κ1) is 23.7. The summed E-state index contributed by atoms with van der Waals surface area (Å²) in [7, 11) is 3.25. The first-order chi connectivity index (χ1) is 14.2. The predicted molar refractivity (Wildman–Crippen MR) is 118 cm³/mol. The number of hydrogen-bond acceptors (Lipinski definition) is 5. The summed E-state index contributed by atoms with van der Waals surface area (Å²) in [6.45, 7) is 1.28. The van der Waals surface area contributed by atoms with Crippen LogP contribution in [0.15, 0.2) is 60.7 Å². The van der Waals surface area contributed by atoms with Crippen LogP contribution in [0, 0.1) is 0 Å². The Hall–Kier alpha value is -2.57. The fourth-order valence-electron chi connectivity index (χ4n) is 2.68. The van der Waals surface area contributed by atoms with Crippen LogP contribution in [0.5, 0.6) is 0 Å². The van der Waals surface area contributed by atoms with Crippen molar-refractivity contribution in [3.8, 4) is 0 Å². The van der Waals surface area contributed by atoms with Crippen molar-refractivity contribution < 1.29 is 14.4 Å². The normalized spacial score (nSPS) is 9.97. The number of hydrazine groups is 2. The molecule has 30 heavy (non-hydrogen) atoms. The summed E-state index contributed by atoms with van der Waals surface area (Å²) >= 11 is 5.79. The molecule has 0 atom stereocenters. The third-order valence-electron chi connectivity index (χ3n) is 4.08. The first-order valence-corrected chi connectivity index (χ1v) is 10.7. The van der Waals surface area contributed by atoms with Gasteiger partial charge in [0.2, 0.25) is 0 Å². The molecule has 0 unspecified atom stereocenters. The van der Waals surface area contributed by atoms with Crippen molar-refractivity contribution in [2.75, 3.05) is 14.1 Å². The minimum atomic E-state index is -0.638. The maximum absolute atomic E-state index is 12.7. The second kappa shape index (κ2) is 11.0. The molecule has 2 rings (SSSR count). The van der Waals surface area contributed by atoms with E-state index in [0.29, 0.717) is 9.08 Å². The number of carbonyl (C=O) groups is 3. The Morgan fingerprint density at radius 1 is 0.833 bits per heavy atom. The van der Waals surface area contributed by atoms with E-state index in [4.69, 9.17) is 0 Å². The second-order valence-corrected chi connectivity index (χ2v) is 7.98. The van der Waals surface area contributed by atoms with Gasteiger partial charge in [-0.2, -0.15) is 0 Å². The SMILES string of the molecule is CC(=O)N(C(=O)CC(=O)NN(C)C(=[Se])c1ccccc1)N(C)C(=[Se])c1ccccc1. The van der Waals surface area contributed by atoms with Gasteiger partial charge in [0, 0.05) is 0 Å². The Kier molecular flexibility index (Phi) is 8.69. The van der Waals surface area contributed by atoms with Gasteiger partial charge in [-0.3, -0.25) is 0 Å².